The zero-order chi connectivity index (χ0) is 14.5. The number of carboxylic acid groups (broad SMARTS) is 1. The number of nitrogens with zero attached hydrogens (tertiary/aromatic N) is 1. The number of amides is 1. The third-order valence-corrected chi connectivity index (χ3v) is 2.77. The molecule has 0 aliphatic heterocycles. The number of fused-ring (bicyclic) bond motifs is 1. The van der Waals surface area contributed by atoms with Gasteiger partial charge in [0.15, 0.2) is 0 Å². The van der Waals surface area contributed by atoms with Crippen molar-refractivity contribution in [1.82, 2.24) is 10.3 Å². The first-order valence-electron chi connectivity index (χ1n) is 6.15. The van der Waals surface area contributed by atoms with Crippen molar-refractivity contribution >= 4 is 28.6 Å². The Hall–Kier alpha value is -2.63. The normalized spacial score (nSPS) is 10.2. The molecule has 0 unspecified atom stereocenters. The van der Waals surface area contributed by atoms with Crippen LogP contribution in [-0.4, -0.2) is 35.1 Å². The van der Waals surface area contributed by atoms with Crippen LogP contribution in [0.2, 0.25) is 0 Å². The number of carbonyl (C=O) groups is 2. The lowest BCUT2D eigenvalue weighted by atomic mass is 10.1. The van der Waals surface area contributed by atoms with Crippen LogP contribution in [0, 0.1) is 6.92 Å². The molecule has 2 rings (SSSR count). The van der Waals surface area contributed by atoms with Crippen molar-refractivity contribution in [2.75, 3.05) is 18.4 Å². The Bertz CT molecular complexity index is 655. The van der Waals surface area contributed by atoms with E-state index in [1.165, 1.54) is 0 Å². The van der Waals surface area contributed by atoms with Gasteiger partial charge in [-0.2, -0.15) is 0 Å². The number of hydrogen-bond acceptors (Lipinski definition) is 4. The van der Waals surface area contributed by atoms with Crippen LogP contribution in [-0.2, 0) is 9.59 Å². The summed E-state index contributed by atoms with van der Waals surface area (Å²) in [4.78, 5) is 26.2. The number of rotatable bonds is 5. The number of nitrogens with one attached hydrogen (secondary N) is 2. The molecule has 20 heavy (non-hydrogen) atoms. The Kier molecular flexibility index (Phi) is 4.14. The van der Waals surface area contributed by atoms with Crippen molar-refractivity contribution in [1.29, 1.82) is 0 Å². The maximum Gasteiger partial charge on any atom is 0.322 e. The molecular formula is C14H15N3O3. The van der Waals surface area contributed by atoms with Crippen LogP contribution >= 0.6 is 0 Å². The number of aliphatic carboxylic acids is 1. The third-order valence-electron chi connectivity index (χ3n) is 2.77. The second-order valence-corrected chi connectivity index (χ2v) is 4.37. The van der Waals surface area contributed by atoms with Gasteiger partial charge in [-0.3, -0.25) is 9.59 Å². The first-order chi connectivity index (χ1) is 9.56. The van der Waals surface area contributed by atoms with E-state index in [4.69, 9.17) is 5.11 Å². The summed E-state index contributed by atoms with van der Waals surface area (Å²) in [5.74, 6) is -0.839. The summed E-state index contributed by atoms with van der Waals surface area (Å²) in [5, 5.41) is 14.7. The van der Waals surface area contributed by atoms with Gasteiger partial charge in [0.05, 0.1) is 12.1 Å². The first kappa shape index (κ1) is 13.8. The van der Waals surface area contributed by atoms with Gasteiger partial charge in [0, 0.05) is 5.39 Å². The van der Waals surface area contributed by atoms with Gasteiger partial charge in [0.25, 0.3) is 0 Å². The summed E-state index contributed by atoms with van der Waals surface area (Å²) in [6, 6.07) is 9.69. The van der Waals surface area contributed by atoms with Crippen LogP contribution in [0.4, 0.5) is 5.82 Å². The highest BCUT2D eigenvalue weighted by molar-refractivity contribution is 5.85. The minimum Gasteiger partial charge on any atom is -0.480 e. The van der Waals surface area contributed by atoms with Crippen LogP contribution < -0.4 is 10.6 Å². The van der Waals surface area contributed by atoms with E-state index < -0.39 is 5.97 Å². The monoisotopic (exact) mass is 273 g/mol. The molecule has 1 aromatic heterocycles. The molecule has 0 spiro atoms. The topological polar surface area (TPSA) is 91.3 Å². The molecule has 6 heteroatoms. The van der Waals surface area contributed by atoms with E-state index in [0.717, 1.165) is 16.5 Å². The lowest BCUT2D eigenvalue weighted by molar-refractivity contribution is -0.137. The molecule has 0 saturated carbocycles. The smallest absolute Gasteiger partial charge is 0.322 e. The van der Waals surface area contributed by atoms with Crippen molar-refractivity contribution in [3.05, 3.63) is 35.9 Å². The maximum absolute atomic E-state index is 11.4. The highest BCUT2D eigenvalue weighted by Crippen LogP contribution is 2.19. The van der Waals surface area contributed by atoms with Gasteiger partial charge in [-0.05, 0) is 24.6 Å². The second-order valence-electron chi connectivity index (χ2n) is 4.37. The van der Waals surface area contributed by atoms with E-state index in [0.29, 0.717) is 5.82 Å². The van der Waals surface area contributed by atoms with Gasteiger partial charge in [-0.25, -0.2) is 4.98 Å². The van der Waals surface area contributed by atoms with Crippen LogP contribution in [0.25, 0.3) is 10.9 Å². The number of pyridine rings is 1. The molecule has 2 aromatic rings. The lowest BCUT2D eigenvalue weighted by Crippen LogP contribution is -2.34. The van der Waals surface area contributed by atoms with E-state index in [-0.39, 0.29) is 19.0 Å². The van der Waals surface area contributed by atoms with E-state index in [1.54, 1.807) is 0 Å². The first-order valence-corrected chi connectivity index (χ1v) is 6.15. The fourth-order valence-corrected chi connectivity index (χ4v) is 1.80. The number of para-hydroxylation sites is 1. The molecule has 0 saturated heterocycles. The SMILES string of the molecule is Cc1cc2ccccc2nc1NCC(=O)NCC(=O)O. The average molecular weight is 273 g/mol. The third kappa shape index (κ3) is 3.44. The standard InChI is InChI=1S/C14H15N3O3/c1-9-6-10-4-2-3-5-11(10)17-14(9)16-7-12(18)15-8-13(19)20/h2-6H,7-8H2,1H3,(H,15,18)(H,16,17)(H,19,20). The number of aryl methyl sites for hydroxylation is 1. The molecular weight excluding hydrogens is 258 g/mol. The summed E-state index contributed by atoms with van der Waals surface area (Å²) in [6.07, 6.45) is 0. The van der Waals surface area contributed by atoms with Gasteiger partial charge in [-0.1, -0.05) is 18.2 Å². The lowest BCUT2D eigenvalue weighted by Gasteiger charge is -2.09. The summed E-state index contributed by atoms with van der Waals surface area (Å²) in [7, 11) is 0. The van der Waals surface area contributed by atoms with Crippen molar-refractivity contribution in [3.8, 4) is 0 Å². The Morgan fingerprint density at radius 1 is 1.25 bits per heavy atom. The van der Waals surface area contributed by atoms with Gasteiger partial charge in [-0.15, -0.1) is 0 Å². The molecule has 1 heterocycles. The van der Waals surface area contributed by atoms with E-state index in [1.807, 2.05) is 37.3 Å². The zero-order valence-corrected chi connectivity index (χ0v) is 11.0. The van der Waals surface area contributed by atoms with E-state index in [9.17, 15) is 9.59 Å². The summed E-state index contributed by atoms with van der Waals surface area (Å²) in [6.45, 7) is 1.50. The van der Waals surface area contributed by atoms with E-state index >= 15 is 0 Å². The molecule has 3 N–H and O–H groups in total. The van der Waals surface area contributed by atoms with Crippen LogP contribution in [0.1, 0.15) is 5.56 Å². The number of hydrogen-bond donors (Lipinski definition) is 3. The van der Waals surface area contributed by atoms with Crippen molar-refractivity contribution in [2.24, 2.45) is 0 Å². The van der Waals surface area contributed by atoms with Crippen LogP contribution in [0.3, 0.4) is 0 Å². The van der Waals surface area contributed by atoms with Crippen LogP contribution in [0.5, 0.6) is 0 Å². The molecule has 0 radical (unpaired) electrons. The van der Waals surface area contributed by atoms with Crippen LogP contribution in [0.15, 0.2) is 30.3 Å². The fraction of sp³-hybridized carbons (Fsp3) is 0.214. The molecule has 6 nitrogen and oxygen atoms in total. The quantitative estimate of drug-likeness (QED) is 0.760. The summed E-state index contributed by atoms with van der Waals surface area (Å²) < 4.78 is 0. The molecule has 0 fully saturated rings. The van der Waals surface area contributed by atoms with Gasteiger partial charge < -0.3 is 15.7 Å². The number of benzene rings is 1. The Morgan fingerprint density at radius 3 is 2.75 bits per heavy atom. The molecule has 1 aromatic carbocycles. The fourth-order valence-electron chi connectivity index (χ4n) is 1.80. The molecule has 0 aliphatic rings. The minimum atomic E-state index is -1.07. The highest BCUT2D eigenvalue weighted by Gasteiger charge is 2.06. The predicted octanol–water partition coefficient (Wildman–Crippen LogP) is 1.16. The summed E-state index contributed by atoms with van der Waals surface area (Å²) in [5.41, 5.74) is 1.77. The highest BCUT2D eigenvalue weighted by atomic mass is 16.4. The number of carbonyl (C=O) groups excluding carboxylic acids is 1. The Morgan fingerprint density at radius 2 is 2.00 bits per heavy atom. The van der Waals surface area contributed by atoms with Crippen molar-refractivity contribution in [3.63, 3.8) is 0 Å². The second kappa shape index (κ2) is 6.01. The Labute approximate surface area is 115 Å². The number of carboxylic acids is 1. The summed E-state index contributed by atoms with van der Waals surface area (Å²) >= 11 is 0. The Balaban J connectivity index is 2.04. The molecule has 1 amide bonds. The van der Waals surface area contributed by atoms with Gasteiger partial charge >= 0.3 is 5.97 Å². The van der Waals surface area contributed by atoms with E-state index in [2.05, 4.69) is 15.6 Å². The number of anilines is 1. The van der Waals surface area contributed by atoms with Gasteiger partial charge in [0.1, 0.15) is 12.4 Å². The minimum absolute atomic E-state index is 0.0144. The molecule has 104 valence electrons. The molecule has 0 bridgehead atoms. The van der Waals surface area contributed by atoms with Crippen molar-refractivity contribution in [2.45, 2.75) is 6.92 Å². The zero-order valence-electron chi connectivity index (χ0n) is 11.0. The maximum atomic E-state index is 11.4. The largest absolute Gasteiger partial charge is 0.480 e. The van der Waals surface area contributed by atoms with Gasteiger partial charge in [0.2, 0.25) is 5.91 Å². The predicted molar refractivity (Wildman–Crippen MR) is 75.6 cm³/mol. The molecule has 0 atom stereocenters. The average Bonchev–Trinajstić information content (AvgIpc) is 2.42. The van der Waals surface area contributed by atoms with Crippen molar-refractivity contribution < 1.29 is 14.7 Å². The molecule has 0 aliphatic carbocycles. The number of aromatic nitrogens is 1.